The Bertz CT molecular complexity index is 435. The van der Waals surface area contributed by atoms with Crippen molar-refractivity contribution >= 4 is 17.3 Å². The van der Waals surface area contributed by atoms with Gasteiger partial charge in [-0.15, -0.1) is 0 Å². The maximum absolute atomic E-state index is 9.16. The van der Waals surface area contributed by atoms with E-state index in [2.05, 4.69) is 11.0 Å². The van der Waals surface area contributed by atoms with Gasteiger partial charge in [-0.05, 0) is 42.9 Å². The van der Waals surface area contributed by atoms with Crippen molar-refractivity contribution < 1.29 is 5.11 Å². The molecule has 1 saturated carbocycles. The van der Waals surface area contributed by atoms with Crippen LogP contribution in [0.3, 0.4) is 0 Å². The summed E-state index contributed by atoms with van der Waals surface area (Å²) in [5, 5.41) is 9.85. The molecule has 2 unspecified atom stereocenters. The average molecular weight is 266 g/mol. The highest BCUT2D eigenvalue weighted by Crippen LogP contribution is 2.39. The zero-order valence-corrected chi connectivity index (χ0v) is 11.4. The second-order valence-electron chi connectivity index (χ2n) is 5.53. The van der Waals surface area contributed by atoms with E-state index in [4.69, 9.17) is 16.7 Å². The van der Waals surface area contributed by atoms with Crippen molar-refractivity contribution in [3.05, 3.63) is 28.8 Å². The summed E-state index contributed by atoms with van der Waals surface area (Å²) in [5.74, 6) is 0.884. The lowest BCUT2D eigenvalue weighted by Gasteiger charge is -2.33. The fraction of sp³-hybridized carbons (Fsp3) is 0.600. The number of halogens is 1. The van der Waals surface area contributed by atoms with Gasteiger partial charge in [-0.2, -0.15) is 0 Å². The van der Waals surface area contributed by atoms with Crippen LogP contribution in [0.4, 0.5) is 5.69 Å². The van der Waals surface area contributed by atoms with E-state index in [9.17, 15) is 0 Å². The van der Waals surface area contributed by atoms with Crippen molar-refractivity contribution in [1.29, 1.82) is 0 Å². The molecule has 2 aliphatic rings. The summed E-state index contributed by atoms with van der Waals surface area (Å²) < 4.78 is 0. The van der Waals surface area contributed by atoms with Gasteiger partial charge in [-0.1, -0.05) is 30.5 Å². The monoisotopic (exact) mass is 265 g/mol. The Hall–Kier alpha value is -0.730. The molecule has 98 valence electrons. The molecule has 0 bridgehead atoms. The predicted octanol–water partition coefficient (Wildman–Crippen LogP) is 3.60. The Balaban J connectivity index is 1.84. The SMILES string of the molecule is OCc1ccc(N2CCC3CCCCC32)cc1Cl. The maximum atomic E-state index is 9.16. The number of hydrogen-bond donors (Lipinski definition) is 1. The summed E-state index contributed by atoms with van der Waals surface area (Å²) in [5.41, 5.74) is 2.05. The third-order valence-corrected chi connectivity index (χ3v) is 4.90. The van der Waals surface area contributed by atoms with Gasteiger partial charge >= 0.3 is 0 Å². The molecule has 1 N–H and O–H groups in total. The average Bonchev–Trinajstić information content (AvgIpc) is 2.82. The molecule has 0 amide bonds. The molecule has 18 heavy (non-hydrogen) atoms. The van der Waals surface area contributed by atoms with E-state index >= 15 is 0 Å². The highest BCUT2D eigenvalue weighted by molar-refractivity contribution is 6.31. The Morgan fingerprint density at radius 2 is 2.06 bits per heavy atom. The lowest BCUT2D eigenvalue weighted by atomic mass is 9.85. The first-order valence-corrected chi connectivity index (χ1v) is 7.33. The van der Waals surface area contributed by atoms with Crippen LogP contribution in [0.1, 0.15) is 37.7 Å². The van der Waals surface area contributed by atoms with Gasteiger partial charge in [0.05, 0.1) is 6.61 Å². The van der Waals surface area contributed by atoms with Crippen LogP contribution >= 0.6 is 11.6 Å². The largest absolute Gasteiger partial charge is 0.392 e. The van der Waals surface area contributed by atoms with Crippen molar-refractivity contribution in [1.82, 2.24) is 0 Å². The molecule has 1 aliphatic carbocycles. The third-order valence-electron chi connectivity index (χ3n) is 4.55. The lowest BCUT2D eigenvalue weighted by molar-refractivity contribution is 0.282. The lowest BCUT2D eigenvalue weighted by Crippen LogP contribution is -2.34. The van der Waals surface area contributed by atoms with Gasteiger partial charge in [0.15, 0.2) is 0 Å². The van der Waals surface area contributed by atoms with Crippen LogP contribution < -0.4 is 4.90 Å². The van der Waals surface area contributed by atoms with Crippen LogP contribution in [0.25, 0.3) is 0 Å². The van der Waals surface area contributed by atoms with Crippen molar-refractivity contribution in [3.63, 3.8) is 0 Å². The highest BCUT2D eigenvalue weighted by atomic mass is 35.5. The van der Waals surface area contributed by atoms with Gasteiger partial charge in [0.25, 0.3) is 0 Å². The van der Waals surface area contributed by atoms with Gasteiger partial charge in [0.2, 0.25) is 0 Å². The smallest absolute Gasteiger partial charge is 0.0696 e. The van der Waals surface area contributed by atoms with Crippen molar-refractivity contribution in [2.24, 2.45) is 5.92 Å². The van der Waals surface area contributed by atoms with Crippen LogP contribution in [-0.4, -0.2) is 17.7 Å². The summed E-state index contributed by atoms with van der Waals surface area (Å²) in [6.45, 7) is 1.18. The first-order valence-electron chi connectivity index (χ1n) is 6.95. The molecule has 1 aromatic rings. The van der Waals surface area contributed by atoms with Gasteiger partial charge in [0, 0.05) is 23.3 Å². The molecular formula is C15H20ClNO. The topological polar surface area (TPSA) is 23.5 Å². The Kier molecular flexibility index (Phi) is 3.49. The highest BCUT2D eigenvalue weighted by Gasteiger charge is 2.35. The molecule has 1 heterocycles. The van der Waals surface area contributed by atoms with E-state index in [0.717, 1.165) is 24.1 Å². The van der Waals surface area contributed by atoms with Gasteiger partial charge in [0.1, 0.15) is 0 Å². The number of benzene rings is 1. The standard InChI is InChI=1S/C15H20ClNO/c16-14-9-13(6-5-12(14)10-18)17-8-7-11-3-1-2-4-15(11)17/h5-6,9,11,15,18H,1-4,7-8,10H2. The van der Waals surface area contributed by atoms with E-state index < -0.39 is 0 Å². The number of hydrogen-bond acceptors (Lipinski definition) is 2. The normalized spacial score (nSPS) is 27.3. The van der Waals surface area contributed by atoms with E-state index in [-0.39, 0.29) is 6.61 Å². The summed E-state index contributed by atoms with van der Waals surface area (Å²) in [4.78, 5) is 2.52. The number of rotatable bonds is 2. The molecule has 0 radical (unpaired) electrons. The summed E-state index contributed by atoms with van der Waals surface area (Å²) in [7, 11) is 0. The third kappa shape index (κ3) is 2.12. The van der Waals surface area contributed by atoms with Crippen LogP contribution in [0, 0.1) is 5.92 Å². The second kappa shape index (κ2) is 5.10. The fourth-order valence-electron chi connectivity index (χ4n) is 3.57. The Labute approximate surface area is 114 Å². The van der Waals surface area contributed by atoms with E-state index in [1.807, 2.05) is 12.1 Å². The molecule has 2 fully saturated rings. The van der Waals surface area contributed by atoms with Gasteiger partial charge < -0.3 is 10.0 Å². The number of nitrogens with zero attached hydrogens (tertiary/aromatic N) is 1. The minimum absolute atomic E-state index is 0.0190. The molecular weight excluding hydrogens is 246 g/mol. The zero-order valence-electron chi connectivity index (χ0n) is 10.6. The molecule has 0 aromatic heterocycles. The fourth-order valence-corrected chi connectivity index (χ4v) is 3.80. The van der Waals surface area contributed by atoms with Crippen molar-refractivity contribution in [2.45, 2.75) is 44.8 Å². The molecule has 3 heteroatoms. The first-order chi connectivity index (χ1) is 8.79. The van der Waals surface area contributed by atoms with E-state index in [0.29, 0.717) is 5.02 Å². The summed E-state index contributed by atoms with van der Waals surface area (Å²) in [6, 6.07) is 6.79. The van der Waals surface area contributed by atoms with Crippen LogP contribution in [0.15, 0.2) is 18.2 Å². The summed E-state index contributed by atoms with van der Waals surface area (Å²) >= 11 is 6.20. The van der Waals surface area contributed by atoms with Crippen LogP contribution in [0.2, 0.25) is 5.02 Å². The Morgan fingerprint density at radius 3 is 2.83 bits per heavy atom. The van der Waals surface area contributed by atoms with Crippen molar-refractivity contribution in [2.75, 3.05) is 11.4 Å². The van der Waals surface area contributed by atoms with Crippen LogP contribution in [0.5, 0.6) is 0 Å². The zero-order chi connectivity index (χ0) is 12.5. The number of aliphatic hydroxyl groups is 1. The van der Waals surface area contributed by atoms with E-state index in [1.54, 1.807) is 0 Å². The summed E-state index contributed by atoms with van der Waals surface area (Å²) in [6.07, 6.45) is 6.80. The van der Waals surface area contributed by atoms with E-state index in [1.165, 1.54) is 37.8 Å². The minimum atomic E-state index is 0.0190. The Morgan fingerprint density at radius 1 is 1.22 bits per heavy atom. The molecule has 2 nitrogen and oxygen atoms in total. The van der Waals surface area contributed by atoms with Crippen LogP contribution in [-0.2, 0) is 6.61 Å². The maximum Gasteiger partial charge on any atom is 0.0696 e. The number of anilines is 1. The predicted molar refractivity (Wildman–Crippen MR) is 75.1 cm³/mol. The molecule has 3 rings (SSSR count). The first kappa shape index (κ1) is 12.3. The number of aliphatic hydroxyl groups excluding tert-OH is 1. The minimum Gasteiger partial charge on any atom is -0.392 e. The molecule has 2 atom stereocenters. The second-order valence-corrected chi connectivity index (χ2v) is 5.93. The quantitative estimate of drug-likeness (QED) is 0.883. The molecule has 1 aliphatic heterocycles. The number of fused-ring (bicyclic) bond motifs is 1. The molecule has 0 spiro atoms. The van der Waals surface area contributed by atoms with Crippen molar-refractivity contribution in [3.8, 4) is 0 Å². The van der Waals surface area contributed by atoms with Gasteiger partial charge in [-0.3, -0.25) is 0 Å². The van der Waals surface area contributed by atoms with Gasteiger partial charge in [-0.25, -0.2) is 0 Å². The molecule has 1 saturated heterocycles. The molecule has 1 aromatic carbocycles.